The number of para-hydroxylation sites is 1. The van der Waals surface area contributed by atoms with Gasteiger partial charge in [-0.15, -0.1) is 0 Å². The summed E-state index contributed by atoms with van der Waals surface area (Å²) < 4.78 is 10.9. The van der Waals surface area contributed by atoms with E-state index in [1.54, 1.807) is 0 Å². The van der Waals surface area contributed by atoms with Crippen molar-refractivity contribution in [1.29, 1.82) is 0 Å². The molecule has 1 amide bonds. The number of aromatic carboxylic acids is 1. The number of hydrogen-bond donors (Lipinski definition) is 1. The maximum Gasteiger partial charge on any atom is 0.347 e. The Hall–Kier alpha value is -2.49. The van der Waals surface area contributed by atoms with E-state index in [4.69, 9.17) is 9.47 Å². The van der Waals surface area contributed by atoms with Gasteiger partial charge in [-0.3, -0.25) is 4.79 Å². The van der Waals surface area contributed by atoms with Crippen LogP contribution in [0, 0.1) is 0 Å². The monoisotopic (exact) mass is 443 g/mol. The first kappa shape index (κ1) is 20.4. The van der Waals surface area contributed by atoms with Crippen LogP contribution in [-0.2, 0) is 26.1 Å². The van der Waals surface area contributed by atoms with Gasteiger partial charge in [0.25, 0.3) is 0 Å². The molecule has 0 bridgehead atoms. The second kappa shape index (κ2) is 8.22. The van der Waals surface area contributed by atoms with Crippen molar-refractivity contribution in [3.63, 3.8) is 0 Å². The fourth-order valence-electron chi connectivity index (χ4n) is 4.80. The number of carbonyl (C=O) groups is 2. The lowest BCUT2D eigenvalue weighted by molar-refractivity contribution is -0.118. The lowest BCUT2D eigenvalue weighted by Gasteiger charge is -2.34. The summed E-state index contributed by atoms with van der Waals surface area (Å²) in [5.74, 6) is -1.15. The fourth-order valence-corrected chi connectivity index (χ4v) is 5.77. The van der Waals surface area contributed by atoms with Gasteiger partial charge >= 0.3 is 5.97 Å². The summed E-state index contributed by atoms with van der Waals surface area (Å²) in [5.41, 5.74) is 2.38. The predicted octanol–water partition coefficient (Wildman–Crippen LogP) is 2.32. The van der Waals surface area contributed by atoms with Gasteiger partial charge in [0.05, 0.1) is 25.3 Å². The van der Waals surface area contributed by atoms with E-state index in [1.807, 2.05) is 28.0 Å². The Morgan fingerprint density at radius 2 is 1.81 bits per heavy atom. The second-order valence-corrected chi connectivity index (χ2v) is 9.22. The van der Waals surface area contributed by atoms with Gasteiger partial charge in [0.2, 0.25) is 5.91 Å². The van der Waals surface area contributed by atoms with Gasteiger partial charge in [0.15, 0.2) is 5.13 Å². The number of ether oxygens (including phenoxy) is 2. The summed E-state index contributed by atoms with van der Waals surface area (Å²) in [6.45, 7) is 4.51. The molecule has 5 rings (SSSR count). The smallest absolute Gasteiger partial charge is 0.347 e. The maximum absolute atomic E-state index is 13.4. The van der Waals surface area contributed by atoms with Crippen LogP contribution in [0.25, 0.3) is 0 Å². The number of benzene rings is 1. The number of hydrogen-bond acceptors (Lipinski definition) is 7. The standard InChI is InChI=1S/C22H25N3O5S/c26-18(13-16-19(20(27)28)31-21(23-16)24-7-11-30-12-8-24)25-14-22(5-9-29-10-6-22)15-3-1-2-4-17(15)25/h1-4H,5-14H2,(H,27,28). The quantitative estimate of drug-likeness (QED) is 0.775. The highest BCUT2D eigenvalue weighted by Gasteiger charge is 2.45. The lowest BCUT2D eigenvalue weighted by atomic mass is 9.76. The van der Waals surface area contributed by atoms with Crippen LogP contribution in [0.3, 0.4) is 0 Å². The van der Waals surface area contributed by atoms with E-state index in [1.165, 1.54) is 5.56 Å². The van der Waals surface area contributed by atoms with Gasteiger partial charge in [0, 0.05) is 44.0 Å². The minimum atomic E-state index is -1.04. The van der Waals surface area contributed by atoms with Crippen molar-refractivity contribution in [3.05, 3.63) is 40.4 Å². The molecule has 2 aromatic rings. The number of thiazole rings is 1. The molecule has 8 nitrogen and oxygen atoms in total. The van der Waals surface area contributed by atoms with Crippen LogP contribution >= 0.6 is 11.3 Å². The number of carbonyl (C=O) groups excluding carboxylic acids is 1. The number of amides is 1. The Labute approximate surface area is 184 Å². The van der Waals surface area contributed by atoms with E-state index in [2.05, 4.69) is 11.1 Å². The number of morpholine rings is 1. The highest BCUT2D eigenvalue weighted by Crippen LogP contribution is 2.46. The Kier molecular flexibility index (Phi) is 5.41. The number of carboxylic acid groups (broad SMARTS) is 1. The zero-order valence-electron chi connectivity index (χ0n) is 17.2. The Morgan fingerprint density at radius 3 is 2.55 bits per heavy atom. The molecule has 0 aliphatic carbocycles. The normalized spacial score (nSPS) is 20.1. The molecule has 9 heteroatoms. The van der Waals surface area contributed by atoms with Crippen molar-refractivity contribution in [3.8, 4) is 0 Å². The first-order valence-corrected chi connectivity index (χ1v) is 11.4. The molecule has 1 N–H and O–H groups in total. The number of carboxylic acids is 1. The van der Waals surface area contributed by atoms with Gasteiger partial charge in [-0.25, -0.2) is 9.78 Å². The topological polar surface area (TPSA) is 92.2 Å². The predicted molar refractivity (Wildman–Crippen MR) is 116 cm³/mol. The van der Waals surface area contributed by atoms with Crippen LogP contribution in [0.4, 0.5) is 10.8 Å². The summed E-state index contributed by atoms with van der Waals surface area (Å²) in [6.07, 6.45) is 1.74. The molecule has 1 spiro atoms. The van der Waals surface area contributed by atoms with E-state index >= 15 is 0 Å². The third kappa shape index (κ3) is 3.71. The van der Waals surface area contributed by atoms with Gasteiger partial charge < -0.3 is 24.4 Å². The van der Waals surface area contributed by atoms with E-state index in [0.29, 0.717) is 56.9 Å². The van der Waals surface area contributed by atoms with E-state index in [0.717, 1.165) is 29.9 Å². The Bertz CT molecular complexity index is 995. The van der Waals surface area contributed by atoms with Crippen molar-refractivity contribution >= 4 is 34.0 Å². The SMILES string of the molecule is O=C(O)c1sc(N2CCOCC2)nc1CC(=O)N1CC2(CCOCC2)c2ccccc21. The number of anilines is 2. The number of aromatic nitrogens is 1. The molecule has 3 aliphatic heterocycles. The average molecular weight is 444 g/mol. The van der Waals surface area contributed by atoms with Crippen molar-refractivity contribution in [1.82, 2.24) is 4.98 Å². The van der Waals surface area contributed by atoms with Gasteiger partial charge in [0.1, 0.15) is 4.88 Å². The molecule has 164 valence electrons. The minimum absolute atomic E-state index is 0.0244. The average Bonchev–Trinajstić information content (AvgIpc) is 3.35. The number of nitrogens with zero attached hydrogens (tertiary/aromatic N) is 3. The summed E-state index contributed by atoms with van der Waals surface area (Å²) in [5, 5.41) is 10.3. The van der Waals surface area contributed by atoms with Crippen molar-refractivity contribution in [2.45, 2.75) is 24.7 Å². The molecular formula is C22H25N3O5S. The zero-order chi connectivity index (χ0) is 21.4. The third-order valence-corrected chi connectivity index (χ3v) is 7.60. The maximum atomic E-state index is 13.4. The molecule has 0 atom stereocenters. The molecule has 31 heavy (non-hydrogen) atoms. The Morgan fingerprint density at radius 1 is 1.10 bits per heavy atom. The van der Waals surface area contributed by atoms with Crippen LogP contribution in [0.2, 0.25) is 0 Å². The van der Waals surface area contributed by atoms with Crippen LogP contribution in [0.15, 0.2) is 24.3 Å². The van der Waals surface area contributed by atoms with E-state index in [9.17, 15) is 14.7 Å². The summed E-state index contributed by atoms with van der Waals surface area (Å²) >= 11 is 1.14. The van der Waals surface area contributed by atoms with Crippen LogP contribution in [-0.4, -0.2) is 68.0 Å². The molecule has 2 fully saturated rings. The molecule has 1 aromatic heterocycles. The fraction of sp³-hybridized carbons (Fsp3) is 0.500. The minimum Gasteiger partial charge on any atom is -0.477 e. The van der Waals surface area contributed by atoms with Crippen LogP contribution in [0.1, 0.15) is 33.8 Å². The lowest BCUT2D eigenvalue weighted by Crippen LogP contribution is -2.41. The van der Waals surface area contributed by atoms with Crippen LogP contribution < -0.4 is 9.80 Å². The van der Waals surface area contributed by atoms with Crippen molar-refractivity contribution in [2.24, 2.45) is 0 Å². The summed E-state index contributed by atoms with van der Waals surface area (Å²) in [6, 6.07) is 8.05. The first-order valence-electron chi connectivity index (χ1n) is 10.6. The van der Waals surface area contributed by atoms with Crippen molar-refractivity contribution < 1.29 is 24.2 Å². The second-order valence-electron chi connectivity index (χ2n) is 8.24. The molecule has 2 saturated heterocycles. The molecule has 0 saturated carbocycles. The molecule has 0 unspecified atom stereocenters. The van der Waals surface area contributed by atoms with Gasteiger partial charge in [-0.1, -0.05) is 29.5 Å². The molecule has 3 aliphatic rings. The first-order chi connectivity index (χ1) is 15.1. The molecule has 0 radical (unpaired) electrons. The third-order valence-electron chi connectivity index (χ3n) is 6.46. The van der Waals surface area contributed by atoms with E-state index < -0.39 is 5.97 Å². The van der Waals surface area contributed by atoms with Crippen LogP contribution in [0.5, 0.6) is 0 Å². The van der Waals surface area contributed by atoms with Gasteiger partial charge in [-0.05, 0) is 24.5 Å². The largest absolute Gasteiger partial charge is 0.477 e. The van der Waals surface area contributed by atoms with E-state index in [-0.39, 0.29) is 22.6 Å². The number of rotatable bonds is 4. The zero-order valence-corrected chi connectivity index (χ0v) is 18.0. The molecule has 4 heterocycles. The summed E-state index contributed by atoms with van der Waals surface area (Å²) in [7, 11) is 0. The van der Waals surface area contributed by atoms with Gasteiger partial charge in [-0.2, -0.15) is 0 Å². The van der Waals surface area contributed by atoms with Crippen molar-refractivity contribution in [2.75, 3.05) is 55.9 Å². The highest BCUT2D eigenvalue weighted by atomic mass is 32.1. The highest BCUT2D eigenvalue weighted by molar-refractivity contribution is 7.17. The molecule has 1 aromatic carbocycles. The summed E-state index contributed by atoms with van der Waals surface area (Å²) in [4.78, 5) is 33.8. The molecular weight excluding hydrogens is 418 g/mol. The number of fused-ring (bicyclic) bond motifs is 2. The Balaban J connectivity index is 1.41.